The molecule has 0 saturated heterocycles. The Morgan fingerprint density at radius 2 is 2.08 bits per heavy atom. The van der Waals surface area contributed by atoms with Crippen molar-refractivity contribution >= 4 is 28.9 Å². The Bertz CT molecular complexity index is 371. The van der Waals surface area contributed by atoms with Crippen LogP contribution in [-0.2, 0) is 0 Å². The molecule has 0 saturated carbocycles. The van der Waals surface area contributed by atoms with E-state index >= 15 is 0 Å². The Morgan fingerprint density at radius 1 is 1.50 bits per heavy atom. The van der Waals surface area contributed by atoms with Crippen LogP contribution in [0.3, 0.4) is 0 Å². The number of rotatable bonds is 0. The predicted octanol–water partition coefficient (Wildman–Crippen LogP) is 2.59. The molecular weight excluding hydrogens is 202 g/mol. The van der Waals surface area contributed by atoms with Gasteiger partial charge in [0.05, 0.1) is 16.3 Å². The number of nitrogens with two attached hydrogens (primary N) is 1. The second-order valence-electron chi connectivity index (χ2n) is 2.06. The maximum atomic E-state index is 12.9. The Hall–Kier alpha value is -0.980. The van der Waals surface area contributed by atoms with Gasteiger partial charge in [0.15, 0.2) is 5.82 Å². The fourth-order valence-corrected chi connectivity index (χ4v) is 1.15. The topological polar surface area (TPSA) is 49.8 Å². The van der Waals surface area contributed by atoms with Crippen LogP contribution in [0.25, 0.3) is 0 Å². The SMILES string of the molecule is N#Cc1cc(Cl)c(N)c(Cl)c1F. The summed E-state index contributed by atoms with van der Waals surface area (Å²) in [5.74, 6) is -0.832. The van der Waals surface area contributed by atoms with Crippen molar-refractivity contribution in [3.8, 4) is 6.07 Å². The number of nitrogen functional groups attached to an aromatic ring is 1. The summed E-state index contributed by atoms with van der Waals surface area (Å²) >= 11 is 11.0. The summed E-state index contributed by atoms with van der Waals surface area (Å²) in [7, 11) is 0. The van der Waals surface area contributed by atoms with E-state index in [-0.39, 0.29) is 21.3 Å². The van der Waals surface area contributed by atoms with E-state index < -0.39 is 5.82 Å². The second kappa shape index (κ2) is 3.18. The van der Waals surface area contributed by atoms with E-state index in [0.29, 0.717) is 0 Å². The van der Waals surface area contributed by atoms with E-state index in [2.05, 4.69) is 0 Å². The highest BCUT2D eigenvalue weighted by atomic mass is 35.5. The maximum Gasteiger partial charge on any atom is 0.161 e. The summed E-state index contributed by atoms with van der Waals surface area (Å²) in [6, 6.07) is 2.74. The first-order valence-corrected chi connectivity index (χ1v) is 3.66. The van der Waals surface area contributed by atoms with Gasteiger partial charge in [-0.1, -0.05) is 23.2 Å². The Balaban J connectivity index is 3.52. The lowest BCUT2D eigenvalue weighted by atomic mass is 10.2. The molecule has 0 atom stereocenters. The maximum absolute atomic E-state index is 12.9. The minimum Gasteiger partial charge on any atom is -0.396 e. The molecule has 1 aromatic rings. The molecule has 0 unspecified atom stereocenters. The fourth-order valence-electron chi connectivity index (χ4n) is 0.691. The van der Waals surface area contributed by atoms with Crippen LogP contribution in [0.2, 0.25) is 10.0 Å². The molecule has 0 aliphatic heterocycles. The number of hydrogen-bond donors (Lipinski definition) is 1. The number of hydrogen-bond acceptors (Lipinski definition) is 2. The molecule has 2 N–H and O–H groups in total. The van der Waals surface area contributed by atoms with Gasteiger partial charge in [0.2, 0.25) is 0 Å². The third kappa shape index (κ3) is 1.31. The average Bonchev–Trinajstić information content (AvgIpc) is 2.08. The Kier molecular flexibility index (Phi) is 2.41. The van der Waals surface area contributed by atoms with Gasteiger partial charge in [0.1, 0.15) is 11.1 Å². The standard InChI is InChI=1S/C7H3Cl2FN2/c8-4-1-3(2-11)6(10)5(9)7(4)12/h1H,12H2. The highest BCUT2D eigenvalue weighted by Gasteiger charge is 2.12. The highest BCUT2D eigenvalue weighted by Crippen LogP contribution is 2.31. The van der Waals surface area contributed by atoms with Crippen LogP contribution >= 0.6 is 23.2 Å². The Morgan fingerprint density at radius 3 is 2.58 bits per heavy atom. The second-order valence-corrected chi connectivity index (χ2v) is 2.84. The third-order valence-electron chi connectivity index (χ3n) is 1.31. The molecule has 0 spiro atoms. The lowest BCUT2D eigenvalue weighted by Gasteiger charge is -2.02. The first-order valence-electron chi connectivity index (χ1n) is 2.91. The van der Waals surface area contributed by atoms with Crippen molar-refractivity contribution in [3.63, 3.8) is 0 Å². The van der Waals surface area contributed by atoms with Gasteiger partial charge in [-0.2, -0.15) is 5.26 Å². The minimum atomic E-state index is -0.832. The van der Waals surface area contributed by atoms with E-state index in [4.69, 9.17) is 34.2 Å². The lowest BCUT2D eigenvalue weighted by Crippen LogP contribution is -1.94. The molecule has 0 radical (unpaired) electrons. The van der Waals surface area contributed by atoms with Crippen molar-refractivity contribution in [1.29, 1.82) is 5.26 Å². The summed E-state index contributed by atoms with van der Waals surface area (Å²) < 4.78 is 12.9. The van der Waals surface area contributed by atoms with Gasteiger partial charge in [0.25, 0.3) is 0 Å². The van der Waals surface area contributed by atoms with Crippen molar-refractivity contribution in [1.82, 2.24) is 0 Å². The summed E-state index contributed by atoms with van der Waals surface area (Å²) in [5.41, 5.74) is 5.04. The fraction of sp³-hybridized carbons (Fsp3) is 0. The van der Waals surface area contributed by atoms with Gasteiger partial charge in [-0.15, -0.1) is 0 Å². The largest absolute Gasteiger partial charge is 0.396 e. The molecule has 0 bridgehead atoms. The van der Waals surface area contributed by atoms with Crippen LogP contribution in [0.5, 0.6) is 0 Å². The average molecular weight is 205 g/mol. The highest BCUT2D eigenvalue weighted by molar-refractivity contribution is 6.39. The first-order chi connectivity index (χ1) is 5.57. The normalized spacial score (nSPS) is 9.50. The monoisotopic (exact) mass is 204 g/mol. The number of nitrogens with zero attached hydrogens (tertiary/aromatic N) is 1. The van der Waals surface area contributed by atoms with Crippen molar-refractivity contribution in [2.75, 3.05) is 5.73 Å². The zero-order valence-corrected chi connectivity index (χ0v) is 7.25. The van der Waals surface area contributed by atoms with Crippen LogP contribution in [0.4, 0.5) is 10.1 Å². The molecule has 1 aromatic carbocycles. The summed E-state index contributed by atoms with van der Waals surface area (Å²) in [6.45, 7) is 0. The summed E-state index contributed by atoms with van der Waals surface area (Å²) in [4.78, 5) is 0. The molecule has 1 rings (SSSR count). The molecule has 0 aromatic heterocycles. The first kappa shape index (κ1) is 9.11. The zero-order valence-electron chi connectivity index (χ0n) is 5.74. The van der Waals surface area contributed by atoms with Crippen LogP contribution < -0.4 is 5.73 Å². The van der Waals surface area contributed by atoms with E-state index in [9.17, 15) is 4.39 Å². The third-order valence-corrected chi connectivity index (χ3v) is 2.00. The van der Waals surface area contributed by atoms with Gasteiger partial charge in [-0.05, 0) is 6.07 Å². The van der Waals surface area contributed by atoms with Crippen LogP contribution in [0, 0.1) is 17.1 Å². The van der Waals surface area contributed by atoms with Crippen molar-refractivity contribution < 1.29 is 4.39 Å². The van der Waals surface area contributed by atoms with Crippen LogP contribution in [0.1, 0.15) is 5.56 Å². The number of benzene rings is 1. The molecule has 0 fully saturated rings. The van der Waals surface area contributed by atoms with Crippen molar-refractivity contribution in [2.45, 2.75) is 0 Å². The molecular formula is C7H3Cl2FN2. The molecule has 0 amide bonds. The van der Waals surface area contributed by atoms with Crippen LogP contribution in [-0.4, -0.2) is 0 Å². The van der Waals surface area contributed by atoms with Gasteiger partial charge < -0.3 is 5.73 Å². The minimum absolute atomic E-state index is 0.0465. The van der Waals surface area contributed by atoms with Crippen LogP contribution in [0.15, 0.2) is 6.07 Å². The predicted molar refractivity (Wildman–Crippen MR) is 45.5 cm³/mol. The van der Waals surface area contributed by atoms with Crippen molar-refractivity contribution in [2.24, 2.45) is 0 Å². The summed E-state index contributed by atoms with van der Waals surface area (Å²) in [5, 5.41) is 8.19. The number of anilines is 1. The van der Waals surface area contributed by atoms with E-state index in [1.54, 1.807) is 6.07 Å². The summed E-state index contributed by atoms with van der Waals surface area (Å²) in [6.07, 6.45) is 0. The van der Waals surface area contributed by atoms with Crippen molar-refractivity contribution in [3.05, 3.63) is 27.5 Å². The van der Waals surface area contributed by atoms with E-state index in [0.717, 1.165) is 6.07 Å². The van der Waals surface area contributed by atoms with Gasteiger partial charge >= 0.3 is 0 Å². The molecule has 0 aliphatic carbocycles. The number of nitriles is 1. The molecule has 2 nitrogen and oxygen atoms in total. The molecule has 0 aliphatic rings. The Labute approximate surface area is 78.3 Å². The molecule has 0 heterocycles. The van der Waals surface area contributed by atoms with E-state index in [1.807, 2.05) is 0 Å². The molecule has 5 heteroatoms. The van der Waals surface area contributed by atoms with Gasteiger partial charge in [0, 0.05) is 0 Å². The lowest BCUT2D eigenvalue weighted by molar-refractivity contribution is 0.625. The smallest absolute Gasteiger partial charge is 0.161 e. The molecule has 62 valence electrons. The van der Waals surface area contributed by atoms with Gasteiger partial charge in [-0.25, -0.2) is 4.39 Å². The quantitative estimate of drug-likeness (QED) is 0.522. The number of halogens is 3. The zero-order chi connectivity index (χ0) is 9.30. The molecule has 12 heavy (non-hydrogen) atoms. The van der Waals surface area contributed by atoms with Gasteiger partial charge in [-0.3, -0.25) is 0 Å². The van der Waals surface area contributed by atoms with E-state index in [1.165, 1.54) is 0 Å².